The second-order valence-electron chi connectivity index (χ2n) is 9.40. The summed E-state index contributed by atoms with van der Waals surface area (Å²) in [6, 6.07) is 22.6. The van der Waals surface area contributed by atoms with Crippen LogP contribution in [0.5, 0.6) is 0 Å². The quantitative estimate of drug-likeness (QED) is 0.369. The van der Waals surface area contributed by atoms with Crippen molar-refractivity contribution in [1.82, 2.24) is 14.4 Å². The number of piperazine rings is 1. The number of thiophene rings is 1. The third-order valence-corrected chi connectivity index (χ3v) is 7.97. The first-order valence-electron chi connectivity index (χ1n) is 12.2. The van der Waals surface area contributed by atoms with Crippen molar-refractivity contribution < 1.29 is 9.59 Å². The lowest BCUT2D eigenvalue weighted by molar-refractivity contribution is -0.135. The van der Waals surface area contributed by atoms with Gasteiger partial charge in [0.05, 0.1) is 0 Å². The van der Waals surface area contributed by atoms with Crippen LogP contribution < -0.4 is 0 Å². The summed E-state index contributed by atoms with van der Waals surface area (Å²) >= 11 is 1.67. The highest BCUT2D eigenvalue weighted by molar-refractivity contribution is 7.16. The first kappa shape index (κ1) is 23.4. The van der Waals surface area contributed by atoms with Gasteiger partial charge in [-0.1, -0.05) is 54.6 Å². The summed E-state index contributed by atoms with van der Waals surface area (Å²) in [5.74, 6) is 0.210. The Kier molecular flexibility index (Phi) is 6.73. The van der Waals surface area contributed by atoms with Crippen LogP contribution in [0.2, 0.25) is 0 Å². The molecular weight excluding hydrogens is 454 g/mol. The Balaban J connectivity index is 1.29. The number of benzene rings is 2. The van der Waals surface area contributed by atoms with Gasteiger partial charge in [0.1, 0.15) is 10.5 Å². The van der Waals surface area contributed by atoms with Crippen molar-refractivity contribution in [2.75, 3.05) is 19.6 Å². The van der Waals surface area contributed by atoms with Gasteiger partial charge < -0.3 is 14.4 Å². The van der Waals surface area contributed by atoms with E-state index in [1.54, 1.807) is 11.3 Å². The van der Waals surface area contributed by atoms with Crippen LogP contribution in [0.25, 0.3) is 10.2 Å². The molecule has 1 fully saturated rings. The van der Waals surface area contributed by atoms with Crippen LogP contribution in [0, 0.1) is 6.92 Å². The van der Waals surface area contributed by atoms with E-state index in [2.05, 4.69) is 53.3 Å². The molecule has 2 aromatic heterocycles. The molecule has 35 heavy (non-hydrogen) atoms. The van der Waals surface area contributed by atoms with Gasteiger partial charge in [-0.15, -0.1) is 11.3 Å². The minimum absolute atomic E-state index is 0.00290. The van der Waals surface area contributed by atoms with Crippen molar-refractivity contribution in [3.05, 3.63) is 94.5 Å². The molecular formula is C29H31N3O2S. The Morgan fingerprint density at radius 2 is 1.77 bits per heavy atom. The number of hydrogen-bond acceptors (Lipinski definition) is 3. The summed E-state index contributed by atoms with van der Waals surface area (Å²) < 4.78 is 2.16. The lowest BCUT2D eigenvalue weighted by Gasteiger charge is -2.40. The van der Waals surface area contributed by atoms with E-state index in [9.17, 15) is 9.59 Å². The maximum Gasteiger partial charge on any atom is 0.270 e. The Hall–Kier alpha value is -3.38. The van der Waals surface area contributed by atoms with Crippen LogP contribution >= 0.6 is 11.3 Å². The molecule has 3 heterocycles. The van der Waals surface area contributed by atoms with Crippen LogP contribution in [0.4, 0.5) is 0 Å². The van der Waals surface area contributed by atoms with Crippen LogP contribution in [-0.4, -0.2) is 51.9 Å². The smallest absolute Gasteiger partial charge is 0.270 e. The number of carbonyl (C=O) groups is 2. The Morgan fingerprint density at radius 1 is 1.00 bits per heavy atom. The average molecular weight is 486 g/mol. The predicted molar refractivity (Wildman–Crippen MR) is 142 cm³/mol. The van der Waals surface area contributed by atoms with Crippen LogP contribution in [0.1, 0.15) is 40.5 Å². The summed E-state index contributed by atoms with van der Waals surface area (Å²) in [6.07, 6.45) is 1.24. The maximum absolute atomic E-state index is 13.7. The Labute approximate surface area is 210 Å². The number of nitrogens with zero attached hydrogens (tertiary/aromatic N) is 3. The van der Waals surface area contributed by atoms with Crippen molar-refractivity contribution in [1.29, 1.82) is 0 Å². The van der Waals surface area contributed by atoms with Crippen LogP contribution in [0.3, 0.4) is 0 Å². The third kappa shape index (κ3) is 4.89. The largest absolute Gasteiger partial charge is 0.336 e. The van der Waals surface area contributed by atoms with Crippen LogP contribution in [-0.2, 0) is 17.8 Å². The molecule has 0 spiro atoms. The summed E-state index contributed by atoms with van der Waals surface area (Å²) in [5.41, 5.74) is 4.35. The molecule has 0 bridgehead atoms. The number of hydrogen-bond donors (Lipinski definition) is 0. The fourth-order valence-electron chi connectivity index (χ4n) is 4.98. The molecule has 180 valence electrons. The standard InChI is InChI=1S/C29H31N3O2S/c1-21-8-6-7-11-25(21)20-32-26(18-24-14-17-35-29(24)32)28(34)30-15-16-31(22(2)19-30)27(33)13-12-23-9-4-3-5-10-23/h3-11,14,17-18,22H,12-13,15-16,19-20H2,1-2H3/t22-/m0/s1. The lowest BCUT2D eigenvalue weighted by Crippen LogP contribution is -2.55. The molecule has 4 aromatic rings. The fraction of sp³-hybridized carbons (Fsp3) is 0.310. The van der Waals surface area contributed by atoms with Gasteiger partial charge in [0.2, 0.25) is 5.91 Å². The topological polar surface area (TPSA) is 45.6 Å². The monoisotopic (exact) mass is 485 g/mol. The molecule has 5 rings (SSSR count). The van der Waals surface area contributed by atoms with Gasteiger partial charge in [0.25, 0.3) is 5.91 Å². The van der Waals surface area contributed by atoms with Crippen molar-refractivity contribution in [2.45, 2.75) is 39.3 Å². The number of fused-ring (bicyclic) bond motifs is 1. The van der Waals surface area contributed by atoms with Gasteiger partial charge in [-0.05, 0) is 54.5 Å². The number of carbonyl (C=O) groups excluding carboxylic acids is 2. The van der Waals surface area contributed by atoms with Crippen molar-refractivity contribution >= 4 is 33.4 Å². The molecule has 2 amide bonds. The summed E-state index contributed by atoms with van der Waals surface area (Å²) in [5, 5.41) is 3.18. The van der Waals surface area contributed by atoms with Crippen molar-refractivity contribution in [2.24, 2.45) is 0 Å². The minimum atomic E-state index is -0.00290. The lowest BCUT2D eigenvalue weighted by atomic mass is 10.1. The molecule has 0 unspecified atom stereocenters. The Morgan fingerprint density at radius 3 is 2.54 bits per heavy atom. The molecule has 5 nitrogen and oxygen atoms in total. The van der Waals surface area contributed by atoms with E-state index in [1.165, 1.54) is 16.7 Å². The highest BCUT2D eigenvalue weighted by Gasteiger charge is 2.31. The molecule has 0 N–H and O–H groups in total. The van der Waals surface area contributed by atoms with Crippen LogP contribution in [0.15, 0.2) is 72.1 Å². The molecule has 2 aromatic carbocycles. The highest BCUT2D eigenvalue weighted by Crippen LogP contribution is 2.28. The summed E-state index contributed by atoms with van der Waals surface area (Å²) in [7, 11) is 0. The van der Waals surface area contributed by atoms with Gasteiger partial charge >= 0.3 is 0 Å². The van der Waals surface area contributed by atoms with Gasteiger partial charge in [-0.3, -0.25) is 9.59 Å². The molecule has 0 saturated carbocycles. The maximum atomic E-state index is 13.7. The average Bonchev–Trinajstić information content (AvgIpc) is 3.46. The van der Waals surface area contributed by atoms with Gasteiger partial charge in [0, 0.05) is 44.0 Å². The minimum Gasteiger partial charge on any atom is -0.336 e. The molecule has 6 heteroatoms. The van der Waals surface area contributed by atoms with Gasteiger partial charge in [0.15, 0.2) is 0 Å². The predicted octanol–water partition coefficient (Wildman–Crippen LogP) is 5.37. The SMILES string of the molecule is Cc1ccccc1Cn1c(C(=O)N2CCN(C(=O)CCc3ccccc3)[C@@H](C)C2)cc2ccsc21. The summed E-state index contributed by atoms with van der Waals surface area (Å²) in [6.45, 7) is 6.52. The van der Waals surface area contributed by atoms with E-state index < -0.39 is 0 Å². The van der Waals surface area contributed by atoms with Gasteiger partial charge in [-0.25, -0.2) is 0 Å². The van der Waals surface area contributed by atoms with E-state index in [0.717, 1.165) is 22.3 Å². The van der Waals surface area contributed by atoms with Crippen molar-refractivity contribution in [3.63, 3.8) is 0 Å². The number of aromatic nitrogens is 1. The first-order chi connectivity index (χ1) is 17.0. The summed E-state index contributed by atoms with van der Waals surface area (Å²) in [4.78, 5) is 31.6. The molecule has 1 saturated heterocycles. The zero-order chi connectivity index (χ0) is 24.4. The van der Waals surface area contributed by atoms with E-state index in [4.69, 9.17) is 0 Å². The second-order valence-corrected chi connectivity index (χ2v) is 10.3. The Bertz CT molecular complexity index is 1340. The molecule has 1 aliphatic heterocycles. The van der Waals surface area contributed by atoms with Crippen molar-refractivity contribution in [3.8, 4) is 0 Å². The normalized spacial score (nSPS) is 16.1. The third-order valence-electron chi connectivity index (χ3n) is 7.02. The molecule has 0 aliphatic carbocycles. The van der Waals surface area contributed by atoms with E-state index >= 15 is 0 Å². The molecule has 1 atom stereocenters. The molecule has 0 radical (unpaired) electrons. The highest BCUT2D eigenvalue weighted by atomic mass is 32.1. The van der Waals surface area contributed by atoms with E-state index in [0.29, 0.717) is 32.6 Å². The zero-order valence-corrected chi connectivity index (χ0v) is 21.1. The van der Waals surface area contributed by atoms with Gasteiger partial charge in [-0.2, -0.15) is 0 Å². The number of aryl methyl sites for hydroxylation is 2. The first-order valence-corrected chi connectivity index (χ1v) is 13.1. The van der Waals surface area contributed by atoms with E-state index in [-0.39, 0.29) is 17.9 Å². The zero-order valence-electron chi connectivity index (χ0n) is 20.3. The fourth-order valence-corrected chi connectivity index (χ4v) is 5.88. The van der Waals surface area contributed by atoms with E-state index in [1.807, 2.05) is 47.1 Å². The molecule has 1 aliphatic rings. The number of amides is 2. The number of rotatable bonds is 6. The second kappa shape index (κ2) is 10.1.